The number of ether oxygens (including phenoxy) is 1. The summed E-state index contributed by atoms with van der Waals surface area (Å²) in [5.74, 6) is -0.170. The molecule has 0 spiro atoms. The van der Waals surface area contributed by atoms with Crippen LogP contribution in [-0.4, -0.2) is 37.1 Å². The molecule has 1 heterocycles. The van der Waals surface area contributed by atoms with E-state index in [-0.39, 0.29) is 10.6 Å². The number of rotatable bonds is 5. The van der Waals surface area contributed by atoms with Gasteiger partial charge in [0.2, 0.25) is 0 Å². The van der Waals surface area contributed by atoms with Gasteiger partial charge in [-0.3, -0.25) is 0 Å². The highest BCUT2D eigenvalue weighted by molar-refractivity contribution is 7.91. The van der Waals surface area contributed by atoms with E-state index < -0.39 is 27.6 Å². The largest absolute Gasteiger partial charge is 0.390 e. The molecule has 1 aliphatic heterocycles. The van der Waals surface area contributed by atoms with Crippen molar-refractivity contribution in [2.24, 2.45) is 0 Å². The van der Waals surface area contributed by atoms with E-state index in [1.54, 1.807) is 24.3 Å². The van der Waals surface area contributed by atoms with Gasteiger partial charge in [-0.25, -0.2) is 8.42 Å². The number of aliphatic hydroxyl groups excluding tert-OH is 1. The Balaban J connectivity index is 2.12. The molecule has 118 valence electrons. The molecule has 0 bridgehead atoms. The van der Waals surface area contributed by atoms with Crippen LogP contribution in [-0.2, 0) is 14.6 Å². The van der Waals surface area contributed by atoms with Gasteiger partial charge in [0.05, 0.1) is 28.5 Å². The van der Waals surface area contributed by atoms with Crippen molar-refractivity contribution < 1.29 is 18.3 Å². The summed E-state index contributed by atoms with van der Waals surface area (Å²) in [6, 6.07) is 6.77. The maximum atomic E-state index is 12.4. The highest BCUT2D eigenvalue weighted by Gasteiger charge is 2.43. The second-order valence-electron chi connectivity index (χ2n) is 6.22. The van der Waals surface area contributed by atoms with Gasteiger partial charge in [0, 0.05) is 6.42 Å². The Bertz CT molecular complexity index is 579. The van der Waals surface area contributed by atoms with Gasteiger partial charge in [0.25, 0.3) is 0 Å². The molecular formula is C16H24O4S. The summed E-state index contributed by atoms with van der Waals surface area (Å²) in [6.45, 7) is 5.91. The molecule has 1 N–H and O–H groups in total. The second-order valence-corrected chi connectivity index (χ2v) is 8.26. The van der Waals surface area contributed by atoms with Crippen LogP contribution >= 0.6 is 0 Å². The maximum Gasteiger partial charge on any atom is 0.181 e. The van der Waals surface area contributed by atoms with Crippen LogP contribution in [0.2, 0.25) is 0 Å². The van der Waals surface area contributed by atoms with E-state index in [2.05, 4.69) is 6.92 Å². The highest BCUT2D eigenvalue weighted by Crippen LogP contribution is 2.35. The first-order valence-corrected chi connectivity index (χ1v) is 9.06. The Hall–Kier alpha value is -0.910. The Kier molecular flexibility index (Phi) is 4.76. The predicted octanol–water partition coefficient (Wildman–Crippen LogP) is 2.48. The topological polar surface area (TPSA) is 63.6 Å². The van der Waals surface area contributed by atoms with Gasteiger partial charge < -0.3 is 9.84 Å². The summed E-state index contributed by atoms with van der Waals surface area (Å²) in [5.41, 5.74) is 0.600. The van der Waals surface area contributed by atoms with E-state index >= 15 is 0 Å². The van der Waals surface area contributed by atoms with Crippen LogP contribution in [0.1, 0.15) is 38.7 Å². The molecule has 0 amide bonds. The fourth-order valence-corrected chi connectivity index (χ4v) is 4.42. The number of aliphatic hydroxyl groups is 1. The third-order valence-corrected chi connectivity index (χ3v) is 5.81. The van der Waals surface area contributed by atoms with Gasteiger partial charge in [0.15, 0.2) is 9.84 Å². The average Bonchev–Trinajstić information content (AvgIpc) is 2.64. The summed E-state index contributed by atoms with van der Waals surface area (Å²) in [6.07, 6.45) is 0.899. The standard InChI is InChI=1S/C16H24O4S/c1-4-9-16(3)10-14(17)15(20-16)11-21(18,19)13-7-5-12(2)6-8-13/h5-8,14-15,17H,4,9-11H2,1-3H3/t14-,15+,16+/m0/s1. The quantitative estimate of drug-likeness (QED) is 0.907. The van der Waals surface area contributed by atoms with Crippen molar-refractivity contribution in [1.82, 2.24) is 0 Å². The van der Waals surface area contributed by atoms with Crippen LogP contribution in [0.25, 0.3) is 0 Å². The molecule has 0 aliphatic carbocycles. The molecule has 21 heavy (non-hydrogen) atoms. The summed E-state index contributed by atoms with van der Waals surface area (Å²) < 4.78 is 30.7. The molecule has 1 saturated heterocycles. The van der Waals surface area contributed by atoms with Gasteiger partial charge in [-0.1, -0.05) is 31.0 Å². The zero-order valence-corrected chi connectivity index (χ0v) is 13.7. The van der Waals surface area contributed by atoms with E-state index in [0.717, 1.165) is 18.4 Å². The minimum Gasteiger partial charge on any atom is -0.390 e. The van der Waals surface area contributed by atoms with Gasteiger partial charge in [-0.15, -0.1) is 0 Å². The summed E-state index contributed by atoms with van der Waals surface area (Å²) in [5, 5.41) is 10.1. The van der Waals surface area contributed by atoms with Crippen molar-refractivity contribution in [3.05, 3.63) is 29.8 Å². The molecular weight excluding hydrogens is 288 g/mol. The van der Waals surface area contributed by atoms with E-state index in [9.17, 15) is 13.5 Å². The molecule has 1 aliphatic rings. The first kappa shape index (κ1) is 16.5. The molecule has 0 radical (unpaired) electrons. The smallest absolute Gasteiger partial charge is 0.181 e. The maximum absolute atomic E-state index is 12.4. The van der Waals surface area contributed by atoms with E-state index in [4.69, 9.17) is 4.74 Å². The molecule has 1 aromatic carbocycles. The molecule has 1 aromatic rings. The zero-order valence-electron chi connectivity index (χ0n) is 12.9. The van der Waals surface area contributed by atoms with Crippen molar-refractivity contribution in [3.8, 4) is 0 Å². The first-order chi connectivity index (χ1) is 9.76. The second kappa shape index (κ2) is 6.07. The average molecular weight is 312 g/mol. The molecule has 2 rings (SSSR count). The summed E-state index contributed by atoms with van der Waals surface area (Å²) in [7, 11) is -3.44. The number of aryl methyl sites for hydroxylation is 1. The Morgan fingerprint density at radius 3 is 2.52 bits per heavy atom. The molecule has 0 unspecified atom stereocenters. The number of hydrogen-bond acceptors (Lipinski definition) is 4. The minimum atomic E-state index is -3.44. The zero-order chi connectivity index (χ0) is 15.7. The fraction of sp³-hybridized carbons (Fsp3) is 0.625. The van der Waals surface area contributed by atoms with E-state index in [0.29, 0.717) is 6.42 Å². The van der Waals surface area contributed by atoms with Crippen LogP contribution in [0.4, 0.5) is 0 Å². The number of benzene rings is 1. The molecule has 4 nitrogen and oxygen atoms in total. The van der Waals surface area contributed by atoms with Crippen LogP contribution in [0.3, 0.4) is 0 Å². The van der Waals surface area contributed by atoms with Crippen molar-refractivity contribution in [2.45, 2.75) is 62.7 Å². The third kappa shape index (κ3) is 3.84. The molecule has 0 aromatic heterocycles. The Morgan fingerprint density at radius 1 is 1.33 bits per heavy atom. The van der Waals surface area contributed by atoms with Gasteiger partial charge in [0.1, 0.15) is 0 Å². The lowest BCUT2D eigenvalue weighted by atomic mass is 9.95. The minimum absolute atomic E-state index is 0.170. The van der Waals surface area contributed by atoms with E-state index in [1.165, 1.54) is 0 Å². The lowest BCUT2D eigenvalue weighted by molar-refractivity contribution is -0.0359. The first-order valence-electron chi connectivity index (χ1n) is 7.41. The summed E-state index contributed by atoms with van der Waals surface area (Å²) >= 11 is 0. The third-order valence-electron chi connectivity index (χ3n) is 4.05. The molecule has 1 fully saturated rings. The van der Waals surface area contributed by atoms with Crippen molar-refractivity contribution in [3.63, 3.8) is 0 Å². The lowest BCUT2D eigenvalue weighted by Gasteiger charge is -2.23. The highest BCUT2D eigenvalue weighted by atomic mass is 32.2. The Labute approximate surface area is 127 Å². The van der Waals surface area contributed by atoms with Crippen molar-refractivity contribution >= 4 is 9.84 Å². The molecule has 3 atom stereocenters. The molecule has 0 saturated carbocycles. The normalized spacial score (nSPS) is 29.7. The summed E-state index contributed by atoms with van der Waals surface area (Å²) in [4.78, 5) is 0.285. The van der Waals surface area contributed by atoms with Crippen LogP contribution < -0.4 is 0 Å². The van der Waals surface area contributed by atoms with Crippen molar-refractivity contribution in [1.29, 1.82) is 0 Å². The lowest BCUT2D eigenvalue weighted by Crippen LogP contribution is -2.31. The van der Waals surface area contributed by atoms with E-state index in [1.807, 2.05) is 13.8 Å². The number of sulfone groups is 1. The fourth-order valence-electron chi connectivity index (χ4n) is 2.96. The molecule has 5 heteroatoms. The van der Waals surface area contributed by atoms with Gasteiger partial charge in [-0.2, -0.15) is 0 Å². The van der Waals surface area contributed by atoms with Crippen LogP contribution in [0, 0.1) is 6.92 Å². The van der Waals surface area contributed by atoms with Crippen LogP contribution in [0.5, 0.6) is 0 Å². The van der Waals surface area contributed by atoms with Gasteiger partial charge in [-0.05, 0) is 32.4 Å². The van der Waals surface area contributed by atoms with Gasteiger partial charge >= 0.3 is 0 Å². The Morgan fingerprint density at radius 2 is 1.95 bits per heavy atom. The SMILES string of the molecule is CCC[C@]1(C)C[C@H](O)[C@@H](CS(=O)(=O)c2ccc(C)cc2)O1. The predicted molar refractivity (Wildman–Crippen MR) is 82.0 cm³/mol. The monoisotopic (exact) mass is 312 g/mol. The van der Waals surface area contributed by atoms with Crippen molar-refractivity contribution in [2.75, 3.05) is 5.75 Å². The number of hydrogen-bond donors (Lipinski definition) is 1. The van der Waals surface area contributed by atoms with Crippen LogP contribution in [0.15, 0.2) is 29.2 Å².